The van der Waals surface area contributed by atoms with Crippen LogP contribution in [0.15, 0.2) is 48.5 Å². The van der Waals surface area contributed by atoms with Crippen molar-refractivity contribution in [3.05, 3.63) is 65.1 Å². The maximum atomic E-state index is 12.6. The smallest absolute Gasteiger partial charge is 0.274 e. The predicted molar refractivity (Wildman–Crippen MR) is 102 cm³/mol. The average Bonchev–Trinajstić information content (AvgIpc) is 3.11. The number of hydrogen-bond acceptors (Lipinski definition) is 6. The largest absolute Gasteiger partial charge is 0.454 e. The Bertz CT molecular complexity index is 1010. The molecule has 0 aliphatic carbocycles. The second-order valence-corrected chi connectivity index (χ2v) is 6.28. The van der Waals surface area contributed by atoms with Crippen LogP contribution >= 0.6 is 11.6 Å². The fourth-order valence-electron chi connectivity index (χ4n) is 2.60. The van der Waals surface area contributed by atoms with E-state index in [0.29, 0.717) is 33.9 Å². The summed E-state index contributed by atoms with van der Waals surface area (Å²) in [7, 11) is 0. The number of amides is 1. The Morgan fingerprint density at radius 3 is 2.56 bits per heavy atom. The van der Waals surface area contributed by atoms with Crippen LogP contribution in [-0.2, 0) is 0 Å². The lowest BCUT2D eigenvalue weighted by molar-refractivity contribution is 0.102. The highest BCUT2D eigenvalue weighted by Gasteiger charge is 2.16. The fourth-order valence-corrected chi connectivity index (χ4v) is 2.72. The molecule has 136 valence electrons. The summed E-state index contributed by atoms with van der Waals surface area (Å²) in [6.45, 7) is 1.90. The van der Waals surface area contributed by atoms with E-state index >= 15 is 0 Å². The number of aromatic nitrogens is 2. The van der Waals surface area contributed by atoms with Crippen molar-refractivity contribution in [1.29, 1.82) is 0 Å². The number of halogens is 1. The van der Waals surface area contributed by atoms with E-state index in [1.807, 2.05) is 12.1 Å². The topological polar surface area (TPSA) is 85.4 Å². The van der Waals surface area contributed by atoms with Crippen LogP contribution in [0.3, 0.4) is 0 Å². The first-order valence-electron chi connectivity index (χ1n) is 8.16. The molecular formula is C19H15ClN4O3. The summed E-state index contributed by atoms with van der Waals surface area (Å²) in [5, 5.41) is 6.58. The molecule has 7 nitrogen and oxygen atoms in total. The maximum absolute atomic E-state index is 12.6. The second-order valence-electron chi connectivity index (χ2n) is 5.84. The molecule has 0 spiro atoms. The van der Waals surface area contributed by atoms with Crippen LogP contribution in [0.5, 0.6) is 11.5 Å². The number of carbonyl (C=O) groups excluding carboxylic acids is 1. The van der Waals surface area contributed by atoms with E-state index in [9.17, 15) is 4.79 Å². The number of anilines is 3. The Morgan fingerprint density at radius 1 is 1.00 bits per heavy atom. The highest BCUT2D eigenvalue weighted by atomic mass is 35.5. The molecule has 27 heavy (non-hydrogen) atoms. The van der Waals surface area contributed by atoms with Crippen molar-refractivity contribution in [2.45, 2.75) is 6.92 Å². The molecule has 0 radical (unpaired) electrons. The minimum absolute atomic E-state index is 0.178. The van der Waals surface area contributed by atoms with Crippen molar-refractivity contribution in [3.63, 3.8) is 0 Å². The number of nitrogens with zero attached hydrogens (tertiary/aromatic N) is 2. The normalized spacial score (nSPS) is 11.9. The van der Waals surface area contributed by atoms with Crippen molar-refractivity contribution in [2.75, 3.05) is 17.4 Å². The van der Waals surface area contributed by atoms with E-state index < -0.39 is 0 Å². The monoisotopic (exact) mass is 382 g/mol. The van der Waals surface area contributed by atoms with Crippen molar-refractivity contribution < 1.29 is 14.3 Å². The van der Waals surface area contributed by atoms with Gasteiger partial charge in [-0.3, -0.25) is 4.79 Å². The zero-order chi connectivity index (χ0) is 18.8. The van der Waals surface area contributed by atoms with Gasteiger partial charge in [-0.05, 0) is 43.3 Å². The summed E-state index contributed by atoms with van der Waals surface area (Å²) in [5.41, 5.74) is 1.64. The molecule has 2 N–H and O–H groups in total. The lowest BCUT2D eigenvalue weighted by Crippen LogP contribution is -2.15. The van der Waals surface area contributed by atoms with E-state index in [0.717, 1.165) is 5.69 Å². The third-order valence-electron chi connectivity index (χ3n) is 3.82. The molecule has 8 heteroatoms. The van der Waals surface area contributed by atoms with E-state index in [4.69, 9.17) is 21.1 Å². The molecule has 1 amide bonds. The molecule has 0 fully saturated rings. The SMILES string of the molecule is Cc1nc(Nc2ccc(Cl)cc2)cc(C(=O)Nc2ccc3c(c2)OCO3)n1. The highest BCUT2D eigenvalue weighted by Crippen LogP contribution is 2.34. The average molecular weight is 383 g/mol. The van der Waals surface area contributed by atoms with E-state index in [-0.39, 0.29) is 18.4 Å². The zero-order valence-electron chi connectivity index (χ0n) is 14.3. The molecule has 2 aromatic carbocycles. The van der Waals surface area contributed by atoms with Crippen molar-refractivity contribution in [1.82, 2.24) is 9.97 Å². The summed E-state index contributed by atoms with van der Waals surface area (Å²) >= 11 is 5.90. The zero-order valence-corrected chi connectivity index (χ0v) is 15.1. The van der Waals surface area contributed by atoms with Gasteiger partial charge in [0.15, 0.2) is 11.5 Å². The fraction of sp³-hybridized carbons (Fsp3) is 0.105. The molecule has 0 saturated heterocycles. The van der Waals surface area contributed by atoms with Gasteiger partial charge in [-0.25, -0.2) is 9.97 Å². The van der Waals surface area contributed by atoms with Crippen LogP contribution in [0, 0.1) is 6.92 Å². The molecule has 0 unspecified atom stereocenters. The molecule has 1 aliphatic rings. The summed E-state index contributed by atoms with van der Waals surface area (Å²) in [5.74, 6) is 1.89. The summed E-state index contributed by atoms with van der Waals surface area (Å²) < 4.78 is 10.6. The van der Waals surface area contributed by atoms with Gasteiger partial charge >= 0.3 is 0 Å². The predicted octanol–water partition coefficient (Wildman–Crippen LogP) is 4.16. The number of nitrogens with one attached hydrogen (secondary N) is 2. The molecule has 2 heterocycles. The molecule has 1 aromatic heterocycles. The van der Waals surface area contributed by atoms with Crippen molar-refractivity contribution in [3.8, 4) is 11.5 Å². The van der Waals surface area contributed by atoms with E-state index in [2.05, 4.69) is 20.6 Å². The Labute approximate surface area is 160 Å². The first kappa shape index (κ1) is 17.1. The Balaban J connectivity index is 1.53. The summed E-state index contributed by atoms with van der Waals surface area (Å²) in [6.07, 6.45) is 0. The van der Waals surface area contributed by atoms with Crippen LogP contribution in [-0.4, -0.2) is 22.7 Å². The lowest BCUT2D eigenvalue weighted by atomic mass is 10.2. The van der Waals surface area contributed by atoms with Gasteiger partial charge in [-0.2, -0.15) is 0 Å². The molecule has 1 aliphatic heterocycles. The Kier molecular flexibility index (Phi) is 4.52. The third kappa shape index (κ3) is 3.93. The molecule has 0 bridgehead atoms. The number of ether oxygens (including phenoxy) is 2. The molecule has 3 aromatic rings. The van der Waals surface area contributed by atoms with Crippen molar-refractivity contribution in [2.24, 2.45) is 0 Å². The molecule has 0 atom stereocenters. The van der Waals surface area contributed by atoms with Gasteiger partial charge in [0.05, 0.1) is 0 Å². The molecule has 0 saturated carbocycles. The van der Waals surface area contributed by atoms with Gasteiger partial charge in [-0.15, -0.1) is 0 Å². The molecule has 4 rings (SSSR count). The lowest BCUT2D eigenvalue weighted by Gasteiger charge is -2.10. The van der Waals surface area contributed by atoms with Crippen LogP contribution in [0.25, 0.3) is 0 Å². The number of hydrogen-bond donors (Lipinski definition) is 2. The van der Waals surface area contributed by atoms with Gasteiger partial charge < -0.3 is 20.1 Å². The van der Waals surface area contributed by atoms with Gasteiger partial charge in [0.2, 0.25) is 6.79 Å². The van der Waals surface area contributed by atoms with Crippen LogP contribution in [0.4, 0.5) is 17.2 Å². The van der Waals surface area contributed by atoms with Gasteiger partial charge in [0, 0.05) is 28.5 Å². The Morgan fingerprint density at radius 2 is 1.74 bits per heavy atom. The van der Waals surface area contributed by atoms with Crippen LogP contribution in [0.1, 0.15) is 16.3 Å². The number of benzene rings is 2. The highest BCUT2D eigenvalue weighted by molar-refractivity contribution is 6.30. The standard InChI is InChI=1S/C19H15ClN4O3/c1-11-21-15(9-18(22-11)23-13-4-2-12(20)3-5-13)19(25)24-14-6-7-16-17(8-14)27-10-26-16/h2-9H,10H2,1H3,(H,24,25)(H,21,22,23). The molecular weight excluding hydrogens is 368 g/mol. The number of aryl methyl sites for hydroxylation is 1. The second kappa shape index (κ2) is 7.13. The number of carbonyl (C=O) groups is 1. The van der Waals surface area contributed by atoms with Gasteiger partial charge in [0.25, 0.3) is 5.91 Å². The van der Waals surface area contributed by atoms with Crippen LogP contribution in [0.2, 0.25) is 5.02 Å². The minimum atomic E-state index is -0.349. The van der Waals surface area contributed by atoms with Gasteiger partial charge in [-0.1, -0.05) is 11.6 Å². The van der Waals surface area contributed by atoms with Crippen LogP contribution < -0.4 is 20.1 Å². The summed E-state index contributed by atoms with van der Waals surface area (Å²) in [4.78, 5) is 21.1. The number of rotatable bonds is 4. The first-order chi connectivity index (χ1) is 13.1. The van der Waals surface area contributed by atoms with E-state index in [1.165, 1.54) is 0 Å². The quantitative estimate of drug-likeness (QED) is 0.704. The Hall–Kier alpha value is -3.32. The number of fused-ring (bicyclic) bond motifs is 1. The van der Waals surface area contributed by atoms with Crippen molar-refractivity contribution >= 4 is 34.7 Å². The van der Waals surface area contributed by atoms with E-state index in [1.54, 1.807) is 43.3 Å². The van der Waals surface area contributed by atoms with Gasteiger partial charge in [0.1, 0.15) is 17.3 Å². The summed E-state index contributed by atoms with van der Waals surface area (Å²) in [6, 6.07) is 14.0. The first-order valence-corrected chi connectivity index (χ1v) is 8.54. The minimum Gasteiger partial charge on any atom is -0.454 e. The maximum Gasteiger partial charge on any atom is 0.274 e. The third-order valence-corrected chi connectivity index (χ3v) is 4.07.